The largest absolute Gasteiger partial charge is 0.456 e. The molecular formula is C31H37NO. The summed E-state index contributed by atoms with van der Waals surface area (Å²) in [6, 6.07) is 6.98. The fraction of sp³-hybridized carbons (Fsp3) is 0.419. The molecule has 0 amide bonds. The average molecular weight is 440 g/mol. The summed E-state index contributed by atoms with van der Waals surface area (Å²) < 4.78 is 6.76. The molecule has 0 saturated carbocycles. The standard InChI is InChI=1S/C31H37NO/c1-10-25-28-20(5)29-24(14-21(28)12-13-30(25,6)7)19(4)23-15-22-18(3)17-31(8,9)32(11-2)26(22)16-27(23)33-29/h12-17H,10-11H2,1-9H3. The van der Waals surface area contributed by atoms with Crippen LogP contribution >= 0.6 is 0 Å². The van der Waals surface area contributed by atoms with Gasteiger partial charge in [0, 0.05) is 45.6 Å². The molecule has 3 aliphatic rings. The minimum atomic E-state index is -0.0106. The lowest BCUT2D eigenvalue weighted by molar-refractivity contribution is 0.466. The molecule has 2 heterocycles. The predicted octanol–water partition coefficient (Wildman–Crippen LogP) is 6.96. The molecule has 33 heavy (non-hydrogen) atoms. The van der Waals surface area contributed by atoms with E-state index in [1.807, 2.05) is 0 Å². The Labute approximate surface area is 199 Å². The number of nitrogens with zero attached hydrogens (tertiary/aromatic N) is 1. The van der Waals surface area contributed by atoms with Gasteiger partial charge in [0.2, 0.25) is 0 Å². The van der Waals surface area contributed by atoms with Crippen molar-refractivity contribution in [1.82, 2.24) is 0 Å². The predicted molar refractivity (Wildman–Crippen MR) is 142 cm³/mol. The van der Waals surface area contributed by atoms with Gasteiger partial charge in [-0.1, -0.05) is 44.6 Å². The van der Waals surface area contributed by atoms with Crippen molar-refractivity contribution in [3.05, 3.63) is 63.0 Å². The van der Waals surface area contributed by atoms with Gasteiger partial charge in [-0.2, -0.15) is 0 Å². The van der Waals surface area contributed by atoms with E-state index in [2.05, 4.69) is 104 Å². The topological polar surface area (TPSA) is 12.5 Å². The second-order valence-corrected chi connectivity index (χ2v) is 11.0. The number of rotatable bonds is 2. The summed E-state index contributed by atoms with van der Waals surface area (Å²) in [5, 5.41) is 2.61. The van der Waals surface area contributed by atoms with Gasteiger partial charge in [-0.3, -0.25) is 0 Å². The highest BCUT2D eigenvalue weighted by Gasteiger charge is 2.33. The summed E-state index contributed by atoms with van der Waals surface area (Å²) >= 11 is 0. The second-order valence-electron chi connectivity index (χ2n) is 11.0. The normalized spacial score (nSPS) is 19.3. The highest BCUT2D eigenvalue weighted by Crippen LogP contribution is 2.45. The molecule has 0 aromatic heterocycles. The van der Waals surface area contributed by atoms with Crippen LogP contribution in [0.15, 0.2) is 30.4 Å². The Hall–Kier alpha value is -2.74. The summed E-state index contributed by atoms with van der Waals surface area (Å²) in [6.45, 7) is 21.4. The van der Waals surface area contributed by atoms with Crippen molar-refractivity contribution in [3.63, 3.8) is 0 Å². The smallest absolute Gasteiger partial charge is 0.138 e. The first kappa shape index (κ1) is 22.1. The maximum absolute atomic E-state index is 6.76. The van der Waals surface area contributed by atoms with Gasteiger partial charge in [0.1, 0.15) is 11.5 Å². The van der Waals surface area contributed by atoms with E-state index in [9.17, 15) is 0 Å². The van der Waals surface area contributed by atoms with Crippen molar-refractivity contribution in [1.29, 1.82) is 0 Å². The van der Waals surface area contributed by atoms with E-state index in [0.717, 1.165) is 24.5 Å². The van der Waals surface area contributed by atoms with Gasteiger partial charge in [-0.05, 0) is 82.0 Å². The van der Waals surface area contributed by atoms with Crippen LogP contribution in [0.2, 0.25) is 0 Å². The van der Waals surface area contributed by atoms with Crippen molar-refractivity contribution in [2.45, 2.75) is 74.3 Å². The highest BCUT2D eigenvalue weighted by atomic mass is 16.5. The number of likely N-dealkylation sites (N-methyl/N-ethyl adjacent to an activating group) is 1. The third kappa shape index (κ3) is 3.06. The van der Waals surface area contributed by atoms with Crippen molar-refractivity contribution in [2.75, 3.05) is 11.4 Å². The van der Waals surface area contributed by atoms with Gasteiger partial charge < -0.3 is 9.64 Å². The third-order valence-corrected chi connectivity index (χ3v) is 8.08. The average Bonchev–Trinajstić information content (AvgIpc) is 2.74. The molecular weight excluding hydrogens is 402 g/mol. The summed E-state index contributed by atoms with van der Waals surface area (Å²) in [7, 11) is 0. The molecule has 0 atom stereocenters. The SMILES string of the molecule is CCC1=c2c(cc3c(c2C)Oc2cc4c(cc2C=3C)C(C)=CC(C)(C)N4CC)C=CC1(C)C. The number of allylic oxidation sites excluding steroid dienone is 2. The molecule has 2 heteroatoms. The van der Waals surface area contributed by atoms with E-state index in [-0.39, 0.29) is 11.0 Å². The Balaban J connectivity index is 1.81. The van der Waals surface area contributed by atoms with E-state index in [4.69, 9.17) is 4.74 Å². The first-order valence-electron chi connectivity index (χ1n) is 12.4. The number of hydrogen-bond acceptors (Lipinski definition) is 2. The van der Waals surface area contributed by atoms with E-state index in [1.54, 1.807) is 0 Å². The highest BCUT2D eigenvalue weighted by molar-refractivity contribution is 5.87. The molecule has 0 N–H and O–H groups in total. The molecule has 0 radical (unpaired) electrons. The molecule has 172 valence electrons. The Morgan fingerprint density at radius 2 is 1.67 bits per heavy atom. The van der Waals surface area contributed by atoms with E-state index >= 15 is 0 Å². The summed E-state index contributed by atoms with van der Waals surface area (Å²) in [4.78, 5) is 2.49. The van der Waals surface area contributed by atoms with Crippen LogP contribution in [-0.2, 0) is 0 Å². The van der Waals surface area contributed by atoms with Crippen LogP contribution < -0.4 is 20.1 Å². The molecule has 2 aromatic carbocycles. The molecule has 2 nitrogen and oxygen atoms in total. The minimum absolute atomic E-state index is 0.0106. The second kappa shape index (κ2) is 7.13. The number of benzene rings is 2. The van der Waals surface area contributed by atoms with Crippen molar-refractivity contribution < 1.29 is 4.74 Å². The molecule has 0 unspecified atom stereocenters. The van der Waals surface area contributed by atoms with Gasteiger partial charge >= 0.3 is 0 Å². The van der Waals surface area contributed by atoms with Crippen LogP contribution in [0, 0.1) is 12.3 Å². The lowest BCUT2D eigenvalue weighted by Gasteiger charge is -2.43. The number of ether oxygens (including phenoxy) is 1. The van der Waals surface area contributed by atoms with Gasteiger partial charge in [0.15, 0.2) is 0 Å². The van der Waals surface area contributed by atoms with E-state index < -0.39 is 0 Å². The monoisotopic (exact) mass is 439 g/mol. The Bertz CT molecular complexity index is 1380. The van der Waals surface area contributed by atoms with Crippen LogP contribution in [0.5, 0.6) is 11.5 Å². The van der Waals surface area contributed by atoms with Crippen molar-refractivity contribution in [2.24, 2.45) is 5.41 Å². The summed E-state index contributed by atoms with van der Waals surface area (Å²) in [5.74, 6) is 2.01. The third-order valence-electron chi connectivity index (χ3n) is 8.08. The van der Waals surface area contributed by atoms with Crippen molar-refractivity contribution in [3.8, 4) is 11.5 Å². The maximum atomic E-state index is 6.76. The zero-order valence-corrected chi connectivity index (χ0v) is 21.7. The minimum Gasteiger partial charge on any atom is -0.456 e. The molecule has 2 aliphatic heterocycles. The summed E-state index contributed by atoms with van der Waals surface area (Å²) in [5.41, 5.74) is 10.6. The van der Waals surface area contributed by atoms with Gasteiger partial charge in [-0.25, -0.2) is 0 Å². The maximum Gasteiger partial charge on any atom is 0.138 e. The van der Waals surface area contributed by atoms with Gasteiger partial charge in [0.25, 0.3) is 0 Å². The van der Waals surface area contributed by atoms with Crippen molar-refractivity contribution >= 4 is 28.5 Å². The molecule has 0 saturated heterocycles. The zero-order chi connectivity index (χ0) is 23.9. The Morgan fingerprint density at radius 3 is 2.33 bits per heavy atom. The molecule has 5 rings (SSSR count). The Morgan fingerprint density at radius 1 is 0.939 bits per heavy atom. The lowest BCUT2D eigenvalue weighted by Crippen LogP contribution is -2.45. The lowest BCUT2D eigenvalue weighted by atomic mass is 9.76. The molecule has 2 aromatic rings. The number of fused-ring (bicyclic) bond motifs is 4. The molecule has 0 spiro atoms. The van der Waals surface area contributed by atoms with E-state index in [1.165, 1.54) is 55.1 Å². The van der Waals surface area contributed by atoms with E-state index in [0.29, 0.717) is 0 Å². The van der Waals surface area contributed by atoms with Gasteiger partial charge in [0.05, 0.1) is 5.54 Å². The van der Waals surface area contributed by atoms with Crippen LogP contribution in [-0.4, -0.2) is 12.1 Å². The first-order chi connectivity index (χ1) is 15.5. The first-order valence-corrected chi connectivity index (χ1v) is 12.4. The molecule has 1 aliphatic carbocycles. The van der Waals surface area contributed by atoms with Crippen LogP contribution in [0.25, 0.3) is 22.8 Å². The van der Waals surface area contributed by atoms with Crippen LogP contribution in [0.4, 0.5) is 5.69 Å². The molecule has 0 bridgehead atoms. The zero-order valence-electron chi connectivity index (χ0n) is 21.7. The quantitative estimate of drug-likeness (QED) is 0.502. The summed E-state index contributed by atoms with van der Waals surface area (Å²) in [6.07, 6.45) is 8.11. The van der Waals surface area contributed by atoms with Crippen LogP contribution in [0.3, 0.4) is 0 Å². The number of hydrogen-bond donors (Lipinski definition) is 0. The fourth-order valence-corrected chi connectivity index (χ4v) is 6.44. The number of anilines is 1. The Kier molecular flexibility index (Phi) is 4.77. The van der Waals surface area contributed by atoms with Crippen LogP contribution in [0.1, 0.15) is 84.1 Å². The molecule has 0 fully saturated rings. The van der Waals surface area contributed by atoms with Gasteiger partial charge in [-0.15, -0.1) is 0 Å². The fourth-order valence-electron chi connectivity index (χ4n) is 6.44.